The first-order chi connectivity index (χ1) is 8.22. The van der Waals surface area contributed by atoms with Crippen LogP contribution in [-0.4, -0.2) is 20.2 Å². The molecule has 92 valence electrons. The van der Waals surface area contributed by atoms with Gasteiger partial charge in [-0.05, 0) is 25.3 Å². The lowest BCUT2D eigenvalue weighted by atomic mass is 10.1. The summed E-state index contributed by atoms with van der Waals surface area (Å²) < 4.78 is 3.32. The second kappa shape index (κ2) is 5.14. The van der Waals surface area contributed by atoms with Crippen molar-refractivity contribution in [2.75, 3.05) is 0 Å². The fourth-order valence-corrected chi connectivity index (χ4v) is 1.86. The van der Waals surface area contributed by atoms with E-state index in [-0.39, 0.29) is 11.6 Å². The molecule has 2 rings (SSSR count). The van der Waals surface area contributed by atoms with Gasteiger partial charge in [-0.3, -0.25) is 4.79 Å². The molecule has 5 heteroatoms. The van der Waals surface area contributed by atoms with Crippen molar-refractivity contribution in [1.82, 2.24) is 14.2 Å². The third kappa shape index (κ3) is 2.55. The molecule has 0 bridgehead atoms. The highest BCUT2D eigenvalue weighted by atomic mass is 16.1. The van der Waals surface area contributed by atoms with Gasteiger partial charge in [0.05, 0.1) is 6.20 Å². The molecule has 2 aromatic heterocycles. The van der Waals surface area contributed by atoms with E-state index in [4.69, 9.17) is 5.73 Å². The molecule has 0 amide bonds. The first kappa shape index (κ1) is 11.9. The van der Waals surface area contributed by atoms with Crippen LogP contribution in [0.5, 0.6) is 0 Å². The summed E-state index contributed by atoms with van der Waals surface area (Å²) in [5.74, 6) is 0. The van der Waals surface area contributed by atoms with Crippen LogP contribution in [0.3, 0.4) is 0 Å². The maximum atomic E-state index is 12.0. The summed E-state index contributed by atoms with van der Waals surface area (Å²) in [6, 6.07) is 1.97. The number of aryl methyl sites for hydroxylation is 1. The molecule has 0 aromatic carbocycles. The Morgan fingerprint density at radius 1 is 1.47 bits per heavy atom. The monoisotopic (exact) mass is 234 g/mol. The van der Waals surface area contributed by atoms with Crippen molar-refractivity contribution in [2.24, 2.45) is 5.73 Å². The molecule has 5 nitrogen and oxygen atoms in total. The summed E-state index contributed by atoms with van der Waals surface area (Å²) in [4.78, 5) is 12.0. The molecule has 2 heterocycles. The zero-order valence-corrected chi connectivity index (χ0v) is 10.0. The Hall–Kier alpha value is -1.62. The van der Waals surface area contributed by atoms with Gasteiger partial charge in [0, 0.05) is 25.0 Å². The Balaban J connectivity index is 2.08. The number of fused-ring (bicyclic) bond motifs is 1. The van der Waals surface area contributed by atoms with Crippen LogP contribution in [0, 0.1) is 0 Å². The summed E-state index contributed by atoms with van der Waals surface area (Å²) in [6.45, 7) is 2.80. The van der Waals surface area contributed by atoms with Crippen molar-refractivity contribution in [3.05, 3.63) is 35.0 Å². The highest BCUT2D eigenvalue weighted by Gasteiger charge is 2.04. The van der Waals surface area contributed by atoms with E-state index >= 15 is 0 Å². The van der Waals surface area contributed by atoms with E-state index in [2.05, 4.69) is 12.0 Å². The lowest BCUT2D eigenvalue weighted by Gasteiger charge is -2.09. The van der Waals surface area contributed by atoms with Gasteiger partial charge in [0.25, 0.3) is 5.56 Å². The molecule has 2 aromatic rings. The molecule has 0 spiro atoms. The van der Waals surface area contributed by atoms with Crippen LogP contribution >= 0.6 is 0 Å². The van der Waals surface area contributed by atoms with Crippen LogP contribution in [0.1, 0.15) is 26.2 Å². The Morgan fingerprint density at radius 3 is 3.06 bits per heavy atom. The quantitative estimate of drug-likeness (QED) is 0.839. The molecule has 0 aliphatic rings. The molecule has 0 aliphatic carbocycles. The number of nitrogens with two attached hydrogens (primary N) is 1. The molecule has 0 radical (unpaired) electrons. The van der Waals surface area contributed by atoms with Crippen LogP contribution in [0.4, 0.5) is 0 Å². The molecule has 0 aliphatic heterocycles. The van der Waals surface area contributed by atoms with Crippen molar-refractivity contribution >= 4 is 5.52 Å². The van der Waals surface area contributed by atoms with Gasteiger partial charge in [0.1, 0.15) is 5.52 Å². The first-order valence-electron chi connectivity index (χ1n) is 6.00. The van der Waals surface area contributed by atoms with E-state index < -0.39 is 0 Å². The zero-order chi connectivity index (χ0) is 12.3. The SMILES string of the molecule is CCC(N)CCCn1ccn2nccc2c1=O. The Morgan fingerprint density at radius 2 is 2.29 bits per heavy atom. The average molecular weight is 234 g/mol. The standard InChI is InChI=1S/C12H18N4O/c1-2-10(13)4-3-7-15-8-9-16-11(12(15)17)5-6-14-16/h5-6,8-10H,2-4,7,13H2,1H3. The molecule has 0 saturated heterocycles. The summed E-state index contributed by atoms with van der Waals surface area (Å²) in [5.41, 5.74) is 6.47. The second-order valence-corrected chi connectivity index (χ2v) is 4.27. The third-order valence-corrected chi connectivity index (χ3v) is 3.04. The highest BCUT2D eigenvalue weighted by Crippen LogP contribution is 2.01. The molecular weight excluding hydrogens is 216 g/mol. The van der Waals surface area contributed by atoms with E-state index in [1.54, 1.807) is 33.7 Å². The largest absolute Gasteiger partial charge is 0.328 e. The van der Waals surface area contributed by atoms with Gasteiger partial charge in [-0.25, -0.2) is 4.52 Å². The molecular formula is C12H18N4O. The van der Waals surface area contributed by atoms with Gasteiger partial charge in [0.2, 0.25) is 0 Å². The van der Waals surface area contributed by atoms with E-state index in [1.807, 2.05) is 0 Å². The fraction of sp³-hybridized carbons (Fsp3) is 0.500. The number of hydrogen-bond donors (Lipinski definition) is 1. The number of nitrogens with zero attached hydrogens (tertiary/aromatic N) is 3. The van der Waals surface area contributed by atoms with E-state index in [0.717, 1.165) is 19.3 Å². The highest BCUT2D eigenvalue weighted by molar-refractivity contribution is 5.42. The second-order valence-electron chi connectivity index (χ2n) is 4.27. The van der Waals surface area contributed by atoms with E-state index in [0.29, 0.717) is 12.1 Å². The zero-order valence-electron chi connectivity index (χ0n) is 10.0. The number of aromatic nitrogens is 3. The normalized spacial score (nSPS) is 13.1. The maximum Gasteiger partial charge on any atom is 0.276 e. The molecule has 1 atom stereocenters. The third-order valence-electron chi connectivity index (χ3n) is 3.04. The minimum absolute atomic E-state index is 0.00932. The van der Waals surface area contributed by atoms with Crippen LogP contribution in [-0.2, 0) is 6.54 Å². The van der Waals surface area contributed by atoms with Crippen LogP contribution in [0.2, 0.25) is 0 Å². The summed E-state index contributed by atoms with van der Waals surface area (Å²) in [7, 11) is 0. The van der Waals surface area contributed by atoms with Crippen LogP contribution in [0.25, 0.3) is 5.52 Å². The summed E-state index contributed by atoms with van der Waals surface area (Å²) in [5, 5.41) is 4.03. The van der Waals surface area contributed by atoms with Gasteiger partial charge >= 0.3 is 0 Å². The van der Waals surface area contributed by atoms with Gasteiger partial charge in [0.15, 0.2) is 0 Å². The minimum Gasteiger partial charge on any atom is -0.328 e. The molecule has 0 fully saturated rings. The van der Waals surface area contributed by atoms with Gasteiger partial charge in [-0.1, -0.05) is 6.92 Å². The predicted molar refractivity (Wildman–Crippen MR) is 67.0 cm³/mol. The predicted octanol–water partition coefficient (Wildman–Crippen LogP) is 1.01. The Bertz CT molecular complexity index is 543. The van der Waals surface area contributed by atoms with Crippen molar-refractivity contribution in [1.29, 1.82) is 0 Å². The fourth-order valence-electron chi connectivity index (χ4n) is 1.86. The van der Waals surface area contributed by atoms with Crippen molar-refractivity contribution in [3.63, 3.8) is 0 Å². The van der Waals surface area contributed by atoms with E-state index in [9.17, 15) is 4.79 Å². The smallest absolute Gasteiger partial charge is 0.276 e. The van der Waals surface area contributed by atoms with Crippen molar-refractivity contribution in [3.8, 4) is 0 Å². The van der Waals surface area contributed by atoms with Crippen molar-refractivity contribution < 1.29 is 0 Å². The average Bonchev–Trinajstić information content (AvgIpc) is 2.81. The van der Waals surface area contributed by atoms with Crippen molar-refractivity contribution in [2.45, 2.75) is 38.8 Å². The maximum absolute atomic E-state index is 12.0. The lowest BCUT2D eigenvalue weighted by molar-refractivity contribution is 0.518. The summed E-state index contributed by atoms with van der Waals surface area (Å²) in [6.07, 6.45) is 8.08. The van der Waals surface area contributed by atoms with Gasteiger partial charge < -0.3 is 10.3 Å². The molecule has 17 heavy (non-hydrogen) atoms. The minimum atomic E-state index is 0.00932. The topological polar surface area (TPSA) is 65.3 Å². The van der Waals surface area contributed by atoms with E-state index in [1.165, 1.54) is 0 Å². The number of hydrogen-bond acceptors (Lipinski definition) is 3. The Labute approximate surface area is 99.9 Å². The van der Waals surface area contributed by atoms with Gasteiger partial charge in [-0.2, -0.15) is 5.10 Å². The number of rotatable bonds is 5. The molecule has 2 N–H and O–H groups in total. The lowest BCUT2D eigenvalue weighted by Crippen LogP contribution is -2.23. The first-order valence-corrected chi connectivity index (χ1v) is 6.00. The Kier molecular flexibility index (Phi) is 3.58. The van der Waals surface area contributed by atoms with Crippen LogP contribution in [0.15, 0.2) is 29.5 Å². The summed E-state index contributed by atoms with van der Waals surface area (Å²) >= 11 is 0. The van der Waals surface area contributed by atoms with Crippen LogP contribution < -0.4 is 11.3 Å². The van der Waals surface area contributed by atoms with Gasteiger partial charge in [-0.15, -0.1) is 0 Å². The molecule has 1 unspecified atom stereocenters. The molecule has 0 saturated carbocycles.